The monoisotopic (exact) mass is 390 g/mol. The highest BCUT2D eigenvalue weighted by molar-refractivity contribution is 5.32. The minimum Gasteiger partial charge on any atom is -0.303 e. The number of non-ortho nitro benzene ring substituents is 1. The maximum absolute atomic E-state index is 10.7. The van der Waals surface area contributed by atoms with E-state index in [1.54, 1.807) is 12.1 Å². The Balaban J connectivity index is 2.22. The van der Waals surface area contributed by atoms with E-state index in [0.29, 0.717) is 0 Å². The topological polar surface area (TPSA) is 46.4 Å². The lowest BCUT2D eigenvalue weighted by molar-refractivity contribution is -0.384. The summed E-state index contributed by atoms with van der Waals surface area (Å²) in [5.41, 5.74) is 1.39. The van der Waals surface area contributed by atoms with Gasteiger partial charge in [0.15, 0.2) is 0 Å². The number of unbranched alkanes of at least 4 members (excludes halogenated alkanes) is 9. The van der Waals surface area contributed by atoms with Gasteiger partial charge >= 0.3 is 0 Å². The molecule has 1 rings (SSSR count). The van der Waals surface area contributed by atoms with Crippen molar-refractivity contribution >= 4 is 5.69 Å². The zero-order valence-corrected chi connectivity index (χ0v) is 18.3. The molecule has 4 heteroatoms. The lowest BCUT2D eigenvalue weighted by Crippen LogP contribution is -2.27. The van der Waals surface area contributed by atoms with Gasteiger partial charge in [0.2, 0.25) is 0 Å². The Kier molecular flexibility index (Phi) is 14.5. The van der Waals surface area contributed by atoms with Gasteiger partial charge in [-0.3, -0.25) is 10.1 Å². The molecule has 4 nitrogen and oxygen atoms in total. The first-order valence-corrected chi connectivity index (χ1v) is 11.6. The molecule has 0 aliphatic carbocycles. The first-order chi connectivity index (χ1) is 13.7. The fraction of sp³-hybridized carbons (Fsp3) is 0.750. The van der Waals surface area contributed by atoms with E-state index in [-0.39, 0.29) is 10.6 Å². The zero-order valence-electron chi connectivity index (χ0n) is 18.3. The van der Waals surface area contributed by atoms with Gasteiger partial charge in [0.1, 0.15) is 0 Å². The second-order valence-electron chi connectivity index (χ2n) is 8.05. The summed E-state index contributed by atoms with van der Waals surface area (Å²) in [4.78, 5) is 13.1. The van der Waals surface area contributed by atoms with Gasteiger partial charge in [-0.1, -0.05) is 77.3 Å². The molecule has 0 aliphatic rings. The molecule has 0 amide bonds. The number of benzene rings is 1. The number of nitrogens with zero attached hydrogens (tertiary/aromatic N) is 2. The maximum atomic E-state index is 10.7. The Morgan fingerprint density at radius 1 is 0.714 bits per heavy atom. The van der Waals surface area contributed by atoms with Crippen LogP contribution < -0.4 is 0 Å². The molecule has 28 heavy (non-hydrogen) atoms. The molecule has 0 N–H and O–H groups in total. The van der Waals surface area contributed by atoms with Crippen molar-refractivity contribution in [2.24, 2.45) is 0 Å². The molecule has 1 aromatic carbocycles. The maximum Gasteiger partial charge on any atom is 0.269 e. The largest absolute Gasteiger partial charge is 0.303 e. The van der Waals surface area contributed by atoms with E-state index in [2.05, 4.69) is 18.7 Å². The normalized spacial score (nSPS) is 11.2. The van der Waals surface area contributed by atoms with Crippen LogP contribution in [0.4, 0.5) is 5.69 Å². The number of hydrogen-bond donors (Lipinski definition) is 0. The number of aryl methyl sites for hydroxylation is 1. The van der Waals surface area contributed by atoms with Crippen LogP contribution in [0.5, 0.6) is 0 Å². The van der Waals surface area contributed by atoms with E-state index >= 15 is 0 Å². The third-order valence-electron chi connectivity index (χ3n) is 5.49. The summed E-state index contributed by atoms with van der Waals surface area (Å²) in [6, 6.07) is 7.03. The van der Waals surface area contributed by atoms with Gasteiger partial charge in [0, 0.05) is 12.1 Å². The third-order valence-corrected chi connectivity index (χ3v) is 5.49. The molecule has 0 radical (unpaired) electrons. The molecule has 0 heterocycles. The molecule has 0 saturated carbocycles. The van der Waals surface area contributed by atoms with Gasteiger partial charge in [-0.15, -0.1) is 0 Å². The summed E-state index contributed by atoms with van der Waals surface area (Å²) in [6.07, 6.45) is 16.8. The van der Waals surface area contributed by atoms with Crippen LogP contribution in [0.1, 0.15) is 96.5 Å². The Hall–Kier alpha value is -1.42. The Morgan fingerprint density at radius 2 is 1.18 bits per heavy atom. The van der Waals surface area contributed by atoms with Crippen molar-refractivity contribution in [3.63, 3.8) is 0 Å². The van der Waals surface area contributed by atoms with Crippen LogP contribution in [0, 0.1) is 10.1 Å². The van der Waals surface area contributed by atoms with Crippen LogP contribution >= 0.6 is 0 Å². The van der Waals surface area contributed by atoms with Gasteiger partial charge in [-0.25, -0.2) is 0 Å². The van der Waals surface area contributed by atoms with E-state index in [0.717, 1.165) is 12.8 Å². The second-order valence-corrected chi connectivity index (χ2v) is 8.05. The molecule has 0 bridgehead atoms. The van der Waals surface area contributed by atoms with E-state index in [4.69, 9.17) is 0 Å². The predicted molar refractivity (Wildman–Crippen MR) is 120 cm³/mol. The fourth-order valence-electron chi connectivity index (χ4n) is 3.66. The SMILES string of the molecule is CCCCCCCN(CCCCCC)CCCCCc1ccc([N+](=O)[O-])cc1. The van der Waals surface area contributed by atoms with Crippen LogP contribution in [0.2, 0.25) is 0 Å². The minimum absolute atomic E-state index is 0.182. The fourth-order valence-corrected chi connectivity index (χ4v) is 3.66. The van der Waals surface area contributed by atoms with Crippen LogP contribution in [-0.4, -0.2) is 29.5 Å². The van der Waals surface area contributed by atoms with Gasteiger partial charge in [-0.05, 0) is 57.3 Å². The molecule has 0 aliphatic heterocycles. The van der Waals surface area contributed by atoms with Crippen LogP contribution in [-0.2, 0) is 6.42 Å². The molecular formula is C24H42N2O2. The van der Waals surface area contributed by atoms with Crippen molar-refractivity contribution in [3.05, 3.63) is 39.9 Å². The highest BCUT2D eigenvalue weighted by Crippen LogP contribution is 2.14. The van der Waals surface area contributed by atoms with Gasteiger partial charge in [0.05, 0.1) is 4.92 Å². The van der Waals surface area contributed by atoms with Crippen LogP contribution in [0.25, 0.3) is 0 Å². The molecule has 0 fully saturated rings. The smallest absolute Gasteiger partial charge is 0.269 e. The molecular weight excluding hydrogens is 348 g/mol. The van der Waals surface area contributed by atoms with Crippen molar-refractivity contribution in [3.8, 4) is 0 Å². The number of nitro groups is 1. The highest BCUT2D eigenvalue weighted by Gasteiger charge is 2.06. The van der Waals surface area contributed by atoms with E-state index in [1.807, 2.05) is 12.1 Å². The number of rotatable bonds is 18. The second kappa shape index (κ2) is 16.5. The highest BCUT2D eigenvalue weighted by atomic mass is 16.6. The molecule has 0 unspecified atom stereocenters. The quantitative estimate of drug-likeness (QED) is 0.152. The summed E-state index contributed by atoms with van der Waals surface area (Å²) < 4.78 is 0. The van der Waals surface area contributed by atoms with E-state index < -0.39 is 0 Å². The number of hydrogen-bond acceptors (Lipinski definition) is 3. The number of nitro benzene ring substituents is 1. The first-order valence-electron chi connectivity index (χ1n) is 11.6. The molecule has 0 aromatic heterocycles. The van der Waals surface area contributed by atoms with Crippen molar-refractivity contribution in [2.75, 3.05) is 19.6 Å². The Morgan fingerprint density at radius 3 is 1.68 bits per heavy atom. The van der Waals surface area contributed by atoms with Crippen molar-refractivity contribution in [1.82, 2.24) is 4.90 Å². The molecule has 0 saturated heterocycles. The average molecular weight is 391 g/mol. The van der Waals surface area contributed by atoms with Gasteiger partial charge < -0.3 is 4.90 Å². The third kappa shape index (κ3) is 12.1. The first kappa shape index (κ1) is 24.6. The minimum atomic E-state index is -0.332. The summed E-state index contributed by atoms with van der Waals surface area (Å²) in [5, 5.41) is 10.7. The molecule has 1 aromatic rings. The summed E-state index contributed by atoms with van der Waals surface area (Å²) in [7, 11) is 0. The molecule has 160 valence electrons. The standard InChI is InChI=1S/C24H42N2O2/c1-3-5-7-9-13-21-25(20-12-8-6-4-2)22-14-10-11-15-23-16-18-24(19-17-23)26(27)28/h16-19H,3-15,20-22H2,1-2H3. The summed E-state index contributed by atoms with van der Waals surface area (Å²) in [5.74, 6) is 0. The van der Waals surface area contributed by atoms with Crippen LogP contribution in [0.15, 0.2) is 24.3 Å². The average Bonchev–Trinajstić information content (AvgIpc) is 2.70. The van der Waals surface area contributed by atoms with Crippen molar-refractivity contribution in [1.29, 1.82) is 0 Å². The van der Waals surface area contributed by atoms with E-state index in [1.165, 1.54) is 95.8 Å². The lowest BCUT2D eigenvalue weighted by atomic mass is 10.1. The van der Waals surface area contributed by atoms with Gasteiger partial charge in [-0.2, -0.15) is 0 Å². The zero-order chi connectivity index (χ0) is 20.5. The summed E-state index contributed by atoms with van der Waals surface area (Å²) in [6.45, 7) is 8.29. The Labute approximate surface area is 172 Å². The van der Waals surface area contributed by atoms with Crippen molar-refractivity contribution in [2.45, 2.75) is 97.3 Å². The van der Waals surface area contributed by atoms with Crippen LogP contribution in [0.3, 0.4) is 0 Å². The lowest BCUT2D eigenvalue weighted by Gasteiger charge is -2.22. The molecule has 0 spiro atoms. The predicted octanol–water partition coefficient (Wildman–Crippen LogP) is 7.16. The molecule has 0 atom stereocenters. The van der Waals surface area contributed by atoms with Crippen molar-refractivity contribution < 1.29 is 4.92 Å². The Bertz CT molecular complexity index is 502. The van der Waals surface area contributed by atoms with Gasteiger partial charge in [0.25, 0.3) is 5.69 Å². The van der Waals surface area contributed by atoms with E-state index in [9.17, 15) is 10.1 Å². The summed E-state index contributed by atoms with van der Waals surface area (Å²) >= 11 is 0.